The number of benzene rings is 1. The molecule has 1 aromatic rings. The third kappa shape index (κ3) is 7.52. The summed E-state index contributed by atoms with van der Waals surface area (Å²) in [7, 11) is 0. The Morgan fingerprint density at radius 1 is 1.00 bits per heavy atom. The molecule has 1 N–H and O–H groups in total. The third-order valence-electron chi connectivity index (χ3n) is 2.00. The van der Waals surface area contributed by atoms with Crippen molar-refractivity contribution >= 4 is 17.9 Å². The maximum atomic E-state index is 11.7. The summed E-state index contributed by atoms with van der Waals surface area (Å²) in [6, 6.07) is 7.24. The number of hydrogen-bond acceptors (Lipinski definition) is 5. The van der Waals surface area contributed by atoms with Gasteiger partial charge in [0.05, 0.1) is 0 Å². The zero-order valence-corrected chi connectivity index (χ0v) is 13.8. The first-order chi connectivity index (χ1) is 9.94. The van der Waals surface area contributed by atoms with Gasteiger partial charge in [-0.05, 0) is 59.7 Å². The number of anilines is 1. The van der Waals surface area contributed by atoms with Gasteiger partial charge < -0.3 is 14.2 Å². The smallest absolute Gasteiger partial charge is 0.444 e. The molecule has 1 radical (unpaired) electrons. The zero-order chi connectivity index (χ0) is 17.0. The molecule has 0 aromatic heterocycles. The molecular weight excluding hydrogens is 286 g/mol. The maximum absolute atomic E-state index is 11.7. The highest BCUT2D eigenvalue weighted by atomic mass is 16.7. The van der Waals surface area contributed by atoms with E-state index in [0.717, 1.165) is 0 Å². The highest BCUT2D eigenvalue weighted by Gasteiger charge is 2.19. The summed E-state index contributed by atoms with van der Waals surface area (Å²) in [5.41, 5.74) is -0.846. The predicted molar refractivity (Wildman–Crippen MR) is 82.0 cm³/mol. The van der Waals surface area contributed by atoms with Crippen LogP contribution in [0.5, 0.6) is 5.75 Å². The molecular formula is C16H22NO5. The molecule has 0 heterocycles. The summed E-state index contributed by atoms with van der Waals surface area (Å²) in [6.07, 6.45) is -1.43. The van der Waals surface area contributed by atoms with Crippen molar-refractivity contribution in [2.45, 2.75) is 52.7 Å². The minimum absolute atomic E-state index is 0.211. The summed E-state index contributed by atoms with van der Waals surface area (Å²) in [4.78, 5) is 23.2. The monoisotopic (exact) mass is 308 g/mol. The average molecular weight is 308 g/mol. The minimum atomic E-state index is -0.824. The number of rotatable bonds is 2. The van der Waals surface area contributed by atoms with E-state index in [9.17, 15) is 9.59 Å². The number of nitrogens with one attached hydrogen (secondary N) is 1. The van der Waals surface area contributed by atoms with Crippen LogP contribution >= 0.6 is 0 Å². The van der Waals surface area contributed by atoms with Crippen molar-refractivity contribution in [1.29, 1.82) is 0 Å². The van der Waals surface area contributed by atoms with Crippen LogP contribution in [-0.4, -0.2) is 23.5 Å². The lowest BCUT2D eigenvalue weighted by Crippen LogP contribution is -2.27. The van der Waals surface area contributed by atoms with Gasteiger partial charge in [0.25, 0.3) is 0 Å². The van der Waals surface area contributed by atoms with Gasteiger partial charge in [-0.3, -0.25) is 5.32 Å². The van der Waals surface area contributed by atoms with Crippen LogP contribution in [0.15, 0.2) is 18.2 Å². The lowest BCUT2D eigenvalue weighted by atomic mass is 10.2. The molecule has 0 aliphatic rings. The van der Waals surface area contributed by atoms with Crippen LogP contribution in [0.3, 0.4) is 0 Å². The summed E-state index contributed by atoms with van der Waals surface area (Å²) in [5, 5.41) is 2.54. The Morgan fingerprint density at radius 3 is 2.14 bits per heavy atom. The lowest BCUT2D eigenvalue weighted by Gasteiger charge is -2.20. The van der Waals surface area contributed by atoms with Gasteiger partial charge in [0.1, 0.15) is 17.0 Å². The van der Waals surface area contributed by atoms with Gasteiger partial charge in [0.15, 0.2) is 0 Å². The molecule has 22 heavy (non-hydrogen) atoms. The summed E-state index contributed by atoms with van der Waals surface area (Å²) in [5.74, 6) is 0.211. The van der Waals surface area contributed by atoms with E-state index >= 15 is 0 Å². The van der Waals surface area contributed by atoms with E-state index < -0.39 is 23.5 Å². The van der Waals surface area contributed by atoms with Gasteiger partial charge in [0, 0.05) is 11.8 Å². The fourth-order valence-corrected chi connectivity index (χ4v) is 1.37. The number of amides is 1. The second-order valence-corrected chi connectivity index (χ2v) is 6.65. The van der Waals surface area contributed by atoms with E-state index in [2.05, 4.69) is 11.4 Å². The number of ether oxygens (including phenoxy) is 3. The molecule has 0 aliphatic heterocycles. The molecule has 121 valence electrons. The summed E-state index contributed by atoms with van der Waals surface area (Å²) < 4.78 is 15.2. The SMILES string of the molecule is CC(C)(C)OC(=O)Nc1c[c]cc(OC(=O)OC(C)(C)C)c1. The topological polar surface area (TPSA) is 73.9 Å². The van der Waals surface area contributed by atoms with E-state index in [-0.39, 0.29) is 5.75 Å². The van der Waals surface area contributed by atoms with Gasteiger partial charge in [-0.25, -0.2) is 9.59 Å². The van der Waals surface area contributed by atoms with Crippen molar-refractivity contribution in [1.82, 2.24) is 0 Å². The fraction of sp³-hybridized carbons (Fsp3) is 0.500. The maximum Gasteiger partial charge on any atom is 0.514 e. The van der Waals surface area contributed by atoms with Crippen LogP contribution in [0.4, 0.5) is 15.3 Å². The first-order valence-corrected chi connectivity index (χ1v) is 6.87. The van der Waals surface area contributed by atoms with E-state index in [1.807, 2.05) is 0 Å². The van der Waals surface area contributed by atoms with Crippen molar-refractivity contribution in [2.75, 3.05) is 5.32 Å². The normalized spacial score (nSPS) is 11.5. The Hall–Kier alpha value is -2.24. The van der Waals surface area contributed by atoms with E-state index in [1.165, 1.54) is 18.2 Å². The minimum Gasteiger partial charge on any atom is -0.444 e. The highest BCUT2D eigenvalue weighted by molar-refractivity contribution is 5.85. The van der Waals surface area contributed by atoms with E-state index in [1.54, 1.807) is 41.5 Å². The first kappa shape index (κ1) is 17.8. The molecule has 0 saturated heterocycles. The Morgan fingerprint density at radius 2 is 1.59 bits per heavy atom. The summed E-state index contributed by atoms with van der Waals surface area (Å²) in [6.45, 7) is 10.5. The Bertz CT molecular complexity index is 495. The molecule has 1 aromatic carbocycles. The molecule has 0 saturated carbocycles. The second kappa shape index (κ2) is 6.68. The van der Waals surface area contributed by atoms with Crippen LogP contribution < -0.4 is 10.1 Å². The average Bonchev–Trinajstić information content (AvgIpc) is 2.22. The highest BCUT2D eigenvalue weighted by Crippen LogP contribution is 2.19. The fourth-order valence-electron chi connectivity index (χ4n) is 1.37. The Labute approximate surface area is 130 Å². The molecule has 0 atom stereocenters. The zero-order valence-electron chi connectivity index (χ0n) is 13.8. The quantitative estimate of drug-likeness (QED) is 0.656. The molecule has 0 spiro atoms. The van der Waals surface area contributed by atoms with Gasteiger partial charge >= 0.3 is 12.2 Å². The van der Waals surface area contributed by atoms with Crippen molar-refractivity contribution < 1.29 is 23.8 Å². The predicted octanol–water partition coefficient (Wildman–Crippen LogP) is 4.15. The number of carbonyl (C=O) groups excluding carboxylic acids is 2. The standard InChI is InChI=1S/C16H22NO5/c1-15(2,3)21-13(18)17-11-8-7-9-12(10-11)20-14(19)22-16(4,5)6/h8-10H,1-6H3,(H,17,18). The number of carbonyl (C=O) groups is 2. The van der Waals surface area contributed by atoms with Crippen molar-refractivity contribution in [2.24, 2.45) is 0 Å². The van der Waals surface area contributed by atoms with Crippen LogP contribution in [-0.2, 0) is 9.47 Å². The van der Waals surface area contributed by atoms with Crippen LogP contribution in [0.25, 0.3) is 0 Å². The van der Waals surface area contributed by atoms with E-state index in [4.69, 9.17) is 14.2 Å². The van der Waals surface area contributed by atoms with Crippen molar-refractivity contribution in [3.8, 4) is 5.75 Å². The molecule has 0 bridgehead atoms. The Kier molecular flexibility index (Phi) is 5.41. The van der Waals surface area contributed by atoms with Crippen LogP contribution in [0.1, 0.15) is 41.5 Å². The lowest BCUT2D eigenvalue weighted by molar-refractivity contribution is 0.0206. The van der Waals surface area contributed by atoms with Gasteiger partial charge in [0.2, 0.25) is 0 Å². The molecule has 1 rings (SSSR count). The van der Waals surface area contributed by atoms with Crippen LogP contribution in [0, 0.1) is 6.07 Å². The van der Waals surface area contributed by atoms with Gasteiger partial charge in [-0.2, -0.15) is 0 Å². The largest absolute Gasteiger partial charge is 0.514 e. The second-order valence-electron chi connectivity index (χ2n) is 6.65. The summed E-state index contributed by atoms with van der Waals surface area (Å²) >= 11 is 0. The molecule has 0 aliphatic carbocycles. The third-order valence-corrected chi connectivity index (χ3v) is 2.00. The number of hydrogen-bond donors (Lipinski definition) is 1. The van der Waals surface area contributed by atoms with Gasteiger partial charge in [-0.1, -0.05) is 0 Å². The molecule has 1 amide bonds. The molecule has 0 unspecified atom stereocenters. The van der Waals surface area contributed by atoms with Crippen molar-refractivity contribution in [3.05, 3.63) is 24.3 Å². The van der Waals surface area contributed by atoms with Crippen LogP contribution in [0.2, 0.25) is 0 Å². The first-order valence-electron chi connectivity index (χ1n) is 6.87. The molecule has 6 nitrogen and oxygen atoms in total. The Balaban J connectivity index is 2.66. The van der Waals surface area contributed by atoms with E-state index in [0.29, 0.717) is 5.69 Å². The molecule has 6 heteroatoms. The molecule has 0 fully saturated rings. The van der Waals surface area contributed by atoms with Gasteiger partial charge in [-0.15, -0.1) is 0 Å². The van der Waals surface area contributed by atoms with Crippen molar-refractivity contribution in [3.63, 3.8) is 0 Å².